The lowest BCUT2D eigenvalue weighted by Gasteiger charge is -2.15. The number of halogens is 1. The average molecular weight is 415 g/mol. The molecule has 0 aliphatic carbocycles. The van der Waals surface area contributed by atoms with Crippen LogP contribution in [0.4, 0.5) is 0 Å². The molecule has 0 amide bonds. The van der Waals surface area contributed by atoms with Gasteiger partial charge in [0.25, 0.3) is 0 Å². The van der Waals surface area contributed by atoms with Crippen molar-refractivity contribution in [2.75, 3.05) is 0 Å². The van der Waals surface area contributed by atoms with E-state index in [9.17, 15) is 0 Å². The summed E-state index contributed by atoms with van der Waals surface area (Å²) in [6.45, 7) is 0. The van der Waals surface area contributed by atoms with E-state index < -0.39 is 4.90 Å². The first kappa shape index (κ1) is 15.5. The molecule has 0 spiro atoms. The van der Waals surface area contributed by atoms with Crippen molar-refractivity contribution in [3.63, 3.8) is 0 Å². The van der Waals surface area contributed by atoms with Crippen LogP contribution in [0.15, 0.2) is 96.8 Å². The molecule has 108 valence electrons. The average Bonchev–Trinajstić information content (AvgIpc) is 2.62. The topological polar surface area (TPSA) is 0 Å². The highest BCUT2D eigenvalue weighted by Gasteiger charge is 2.38. The molecule has 0 aliphatic rings. The third-order valence-corrected chi connectivity index (χ3v) is 10.5. The van der Waals surface area contributed by atoms with Gasteiger partial charge in [-0.25, -0.2) is 0 Å². The van der Waals surface area contributed by atoms with Gasteiger partial charge < -0.3 is 0 Å². The maximum absolute atomic E-state index is 2.66. The van der Waals surface area contributed by atoms with Gasteiger partial charge in [-0.15, -0.1) is 0 Å². The van der Waals surface area contributed by atoms with Crippen LogP contribution in [0.3, 0.4) is 0 Å². The van der Waals surface area contributed by atoms with E-state index in [-0.39, 0.29) is 0 Å². The van der Waals surface area contributed by atoms with Crippen molar-refractivity contribution in [1.82, 2.24) is 0 Å². The van der Waals surface area contributed by atoms with E-state index >= 15 is 0 Å². The van der Waals surface area contributed by atoms with Crippen molar-refractivity contribution >= 4 is 43.6 Å². The minimum Gasteiger partial charge on any atom is -0.0622 e. The quantitative estimate of drug-likeness (QED) is 0.380. The lowest BCUT2D eigenvalue weighted by Crippen LogP contribution is -2.15. The van der Waals surface area contributed by atoms with E-state index in [2.05, 4.69) is 125 Å². The first-order valence-corrected chi connectivity index (χ1v) is 11.9. The van der Waals surface area contributed by atoms with Crippen LogP contribution >= 0.6 is 26.9 Å². The van der Waals surface area contributed by atoms with Crippen molar-refractivity contribution in [1.29, 1.82) is 0 Å². The van der Waals surface area contributed by atoms with Crippen molar-refractivity contribution in [3.8, 4) is 0 Å². The monoisotopic (exact) mass is 415 g/mol. The Morgan fingerprint density at radius 1 is 0.591 bits per heavy atom. The van der Waals surface area contributed by atoms with Gasteiger partial charge in [-0.3, -0.25) is 0 Å². The first-order valence-electron chi connectivity index (χ1n) is 7.23. The summed E-state index contributed by atoms with van der Waals surface area (Å²) in [6, 6.07) is 32.1. The van der Waals surface area contributed by atoms with Gasteiger partial charge in [0.05, 0.1) is 5.82 Å². The number of benzene rings is 3. The van der Waals surface area contributed by atoms with Gasteiger partial charge in [0.2, 0.25) is 0 Å². The van der Waals surface area contributed by atoms with Gasteiger partial charge in [-0.2, -0.15) is 0 Å². The number of hydrogen-bond acceptors (Lipinski definition) is 0. The smallest absolute Gasteiger partial charge is 0.0622 e. The van der Waals surface area contributed by atoms with E-state index in [1.165, 1.54) is 16.2 Å². The molecule has 0 bridgehead atoms. The van der Waals surface area contributed by atoms with Gasteiger partial charge in [-0.05, 0) is 35.9 Å². The fraction of sp³-hybridized carbons (Fsp3) is 0. The lowest BCUT2D eigenvalue weighted by atomic mass is 10.2. The zero-order valence-corrected chi connectivity index (χ0v) is 15.2. The molecule has 0 nitrogen and oxygen atoms in total. The zero-order valence-electron chi connectivity index (χ0n) is 12.1. The normalized spacial score (nSPS) is 11.7. The Kier molecular flexibility index (Phi) is 5.07. The minimum absolute atomic E-state index is 1.25. The summed E-state index contributed by atoms with van der Waals surface area (Å²) in [5, 5.41) is 2.79. The van der Waals surface area contributed by atoms with E-state index in [0.717, 1.165) is 0 Å². The molecule has 0 heterocycles. The van der Waals surface area contributed by atoms with E-state index in [1.54, 1.807) is 0 Å². The minimum atomic E-state index is -1.55. The molecule has 2 heteroatoms. The van der Waals surface area contributed by atoms with Crippen LogP contribution < -0.4 is 10.6 Å². The first-order chi connectivity index (χ1) is 10.8. The van der Waals surface area contributed by atoms with E-state index in [4.69, 9.17) is 0 Å². The van der Waals surface area contributed by atoms with Gasteiger partial charge in [0.15, 0.2) is 26.9 Å². The molecule has 22 heavy (non-hydrogen) atoms. The Morgan fingerprint density at radius 3 is 1.45 bits per heavy atom. The fourth-order valence-electron chi connectivity index (χ4n) is 2.36. The Bertz CT molecular complexity index is 697. The van der Waals surface area contributed by atoms with Crippen LogP contribution in [0.1, 0.15) is 5.56 Å². The van der Waals surface area contributed by atoms with E-state index in [0.29, 0.717) is 0 Å². The molecule has 3 aromatic rings. The molecule has 0 unspecified atom stereocenters. The highest BCUT2D eigenvalue weighted by atomic mass is 127. The summed E-state index contributed by atoms with van der Waals surface area (Å²) in [5.41, 5.74) is 1.25. The summed E-state index contributed by atoms with van der Waals surface area (Å²) < 4.78 is 0. The largest absolute Gasteiger partial charge is 0.172 e. The highest BCUT2D eigenvalue weighted by Crippen LogP contribution is 2.66. The molecule has 0 saturated heterocycles. The predicted octanol–water partition coefficient (Wildman–Crippen LogP) is 5.68. The van der Waals surface area contributed by atoms with Gasteiger partial charge >= 0.3 is 0 Å². The molecule has 0 saturated carbocycles. The Balaban J connectivity index is 2.06. The van der Waals surface area contributed by atoms with Gasteiger partial charge in [0, 0.05) is 0 Å². The van der Waals surface area contributed by atoms with Crippen LogP contribution in [-0.4, -0.2) is 0 Å². The van der Waals surface area contributed by atoms with E-state index in [1.807, 2.05) is 0 Å². The molecular weight excluding hydrogens is 398 g/mol. The molecule has 0 aromatic heterocycles. The number of hydrogen-bond donors (Lipinski definition) is 0. The summed E-state index contributed by atoms with van der Waals surface area (Å²) in [5.74, 6) is 2.40. The zero-order chi connectivity index (χ0) is 15.3. The molecule has 0 fully saturated rings. The molecule has 0 atom stereocenters. The Morgan fingerprint density at radius 2 is 1.00 bits per heavy atom. The maximum Gasteiger partial charge on any atom is 0.172 e. The lowest BCUT2D eigenvalue weighted by molar-refractivity contribution is 1.66. The Hall–Kier alpha value is -1.44. The molecule has 3 rings (SSSR count). The maximum atomic E-state index is 2.66. The highest BCUT2D eigenvalue weighted by molar-refractivity contribution is 14.2. The molecule has 3 aromatic carbocycles. The SMILES string of the molecule is I[P+](C=Cc1ccccc1)(c1ccccc1)c1ccccc1. The second-order valence-electron chi connectivity index (χ2n) is 5.03. The fourth-order valence-corrected chi connectivity index (χ4v) is 7.01. The van der Waals surface area contributed by atoms with Gasteiger partial charge in [0.1, 0.15) is 10.6 Å². The second-order valence-corrected chi connectivity index (χ2v) is 12.2. The molecule has 0 N–H and O–H groups in total. The Labute approximate surface area is 145 Å². The molecule has 0 radical (unpaired) electrons. The van der Waals surface area contributed by atoms with Crippen LogP contribution in [0, 0.1) is 0 Å². The van der Waals surface area contributed by atoms with Crippen LogP contribution in [0.2, 0.25) is 0 Å². The van der Waals surface area contributed by atoms with Crippen LogP contribution in [-0.2, 0) is 0 Å². The summed E-state index contributed by atoms with van der Waals surface area (Å²) >= 11 is 2.66. The number of rotatable bonds is 4. The summed E-state index contributed by atoms with van der Waals surface area (Å²) in [7, 11) is 0. The third kappa shape index (κ3) is 3.48. The summed E-state index contributed by atoms with van der Waals surface area (Å²) in [4.78, 5) is -1.55. The predicted molar refractivity (Wildman–Crippen MR) is 109 cm³/mol. The molecule has 0 aliphatic heterocycles. The van der Waals surface area contributed by atoms with Crippen LogP contribution in [0.5, 0.6) is 0 Å². The van der Waals surface area contributed by atoms with Crippen molar-refractivity contribution in [2.45, 2.75) is 0 Å². The van der Waals surface area contributed by atoms with Crippen LogP contribution in [0.25, 0.3) is 6.08 Å². The van der Waals surface area contributed by atoms with Gasteiger partial charge in [-0.1, -0.05) is 66.7 Å². The standard InChI is InChI=1S/C20H17IP/c21-22(19-12-6-2-7-13-19,20-14-8-3-9-15-20)17-16-18-10-4-1-5-11-18/h1-17H/q+1. The van der Waals surface area contributed by atoms with Crippen molar-refractivity contribution in [3.05, 3.63) is 102 Å². The molecular formula is C20H17IP+. The summed E-state index contributed by atoms with van der Waals surface area (Å²) in [6.07, 6.45) is 2.25. The second kappa shape index (κ2) is 7.21. The van der Waals surface area contributed by atoms with Crippen molar-refractivity contribution < 1.29 is 0 Å². The van der Waals surface area contributed by atoms with Crippen molar-refractivity contribution in [2.24, 2.45) is 0 Å². The third-order valence-electron chi connectivity index (χ3n) is 3.54.